The molecule has 72 heavy (non-hydrogen) atoms. The van der Waals surface area contributed by atoms with Gasteiger partial charge in [-0.2, -0.15) is 0 Å². The molecule has 0 saturated carbocycles. The van der Waals surface area contributed by atoms with Gasteiger partial charge in [-0.1, -0.05) is 109 Å². The molecule has 0 aliphatic heterocycles. The molecule has 364 valence electrons. The van der Waals surface area contributed by atoms with Gasteiger partial charge < -0.3 is 32.9 Å². The Balaban J connectivity index is 0.000000211. The Hall–Kier alpha value is -9.58. The van der Waals surface area contributed by atoms with Crippen molar-refractivity contribution in [3.8, 4) is 0 Å². The number of amides is 4. The number of fused-ring (bicyclic) bond motifs is 2. The lowest BCUT2D eigenvalue weighted by Crippen LogP contribution is -2.42. The summed E-state index contributed by atoms with van der Waals surface area (Å²) in [7, 11) is 0. The third kappa shape index (κ3) is 11.8. The Morgan fingerprint density at radius 1 is 0.444 bits per heavy atom. The van der Waals surface area contributed by atoms with Gasteiger partial charge in [-0.15, -0.1) is 0 Å². The highest BCUT2D eigenvalue weighted by molar-refractivity contribution is 5.98. The zero-order valence-electron chi connectivity index (χ0n) is 39.3. The molecule has 0 bridgehead atoms. The van der Waals surface area contributed by atoms with Crippen LogP contribution >= 0.6 is 0 Å². The molecule has 2 aromatic heterocycles. The minimum absolute atomic E-state index is 0.0341. The molecular weight excluding hydrogens is 917 g/mol. The quantitative estimate of drug-likeness (QED) is 0.0768. The van der Waals surface area contributed by atoms with E-state index in [0.29, 0.717) is 11.4 Å². The van der Waals surface area contributed by atoms with Crippen molar-refractivity contribution >= 4 is 56.9 Å². The molecule has 4 amide bonds. The van der Waals surface area contributed by atoms with E-state index in [-0.39, 0.29) is 72.2 Å². The normalized spacial score (nSPS) is 10.8. The van der Waals surface area contributed by atoms with Gasteiger partial charge in [0.05, 0.1) is 34.9 Å². The second-order valence-corrected chi connectivity index (χ2v) is 16.9. The van der Waals surface area contributed by atoms with E-state index < -0.39 is 46.1 Å². The summed E-state index contributed by atoms with van der Waals surface area (Å²) < 4.78 is 4.52. The van der Waals surface area contributed by atoms with Crippen molar-refractivity contribution in [1.82, 2.24) is 28.9 Å². The van der Waals surface area contributed by atoms with Gasteiger partial charge in [-0.3, -0.25) is 47.0 Å². The summed E-state index contributed by atoms with van der Waals surface area (Å²) >= 11 is 0. The first-order chi connectivity index (χ1) is 34.5. The van der Waals surface area contributed by atoms with Gasteiger partial charge >= 0.3 is 11.4 Å². The number of hydrogen-bond acceptors (Lipinski definition) is 10. The molecule has 0 aliphatic carbocycles. The first-order valence-electron chi connectivity index (χ1n) is 22.5. The van der Waals surface area contributed by atoms with Crippen LogP contribution in [0.2, 0.25) is 0 Å². The summed E-state index contributed by atoms with van der Waals surface area (Å²) in [5.41, 5.74) is 14.6. The molecule has 0 atom stereocenters. The maximum Gasteiger partial charge on any atom is 0.332 e. The SMILES string of the molecule is CC(=N)c1ccc(CNC(=O)Cn2c(=O)n(Cc3ccccc3)c(=O)c3ccc(C(N)=O)cc32)cc1.CC(=N)c1ccc(CNC(=O)Cn2c(=O)n(Cc3ccccc3)c(=O)c3ccc(C(N)=O)cc32)cc1. The van der Waals surface area contributed by atoms with E-state index in [1.54, 1.807) is 62.4 Å². The summed E-state index contributed by atoms with van der Waals surface area (Å²) in [6.07, 6.45) is 0. The zero-order chi connectivity index (χ0) is 51.6. The lowest BCUT2D eigenvalue weighted by atomic mass is 10.1. The predicted octanol–water partition coefficient (Wildman–Crippen LogP) is 4.03. The monoisotopic (exact) mass is 966 g/mol. The molecule has 0 spiro atoms. The molecule has 6 aromatic carbocycles. The predicted molar refractivity (Wildman–Crippen MR) is 275 cm³/mol. The van der Waals surface area contributed by atoms with Gasteiger partial charge in [-0.25, -0.2) is 9.59 Å². The number of nitrogens with two attached hydrogens (primary N) is 2. The van der Waals surface area contributed by atoms with Crippen LogP contribution in [0.4, 0.5) is 0 Å². The van der Waals surface area contributed by atoms with Crippen molar-refractivity contribution in [1.29, 1.82) is 10.8 Å². The largest absolute Gasteiger partial charge is 0.366 e. The minimum Gasteiger partial charge on any atom is -0.366 e. The van der Waals surface area contributed by atoms with Crippen LogP contribution in [0.25, 0.3) is 21.8 Å². The standard InChI is InChI=1S/2C27H25N5O4/c2*1-17(28)20-9-7-18(8-10-20)14-30-24(33)16-31-23-13-21(25(29)34)11-12-22(23)26(35)32(27(31)36)15-19-5-3-2-4-6-19/h2*2-13,28H,14-16H2,1H3,(H2,29,34)(H,30,33). The Bertz CT molecular complexity index is 3410. The van der Waals surface area contributed by atoms with Crippen LogP contribution in [-0.2, 0) is 48.9 Å². The number of nitrogens with zero attached hydrogens (tertiary/aromatic N) is 4. The number of rotatable bonds is 16. The van der Waals surface area contributed by atoms with Crippen LogP contribution < -0.4 is 44.6 Å². The number of nitrogens with one attached hydrogen (secondary N) is 4. The highest BCUT2D eigenvalue weighted by Crippen LogP contribution is 2.15. The second kappa shape index (κ2) is 22.2. The van der Waals surface area contributed by atoms with Crippen LogP contribution in [0.5, 0.6) is 0 Å². The fourth-order valence-electron chi connectivity index (χ4n) is 7.80. The van der Waals surface area contributed by atoms with E-state index in [4.69, 9.17) is 22.3 Å². The summed E-state index contributed by atoms with van der Waals surface area (Å²) in [6, 6.07) is 41.0. The van der Waals surface area contributed by atoms with Gasteiger partial charge in [0, 0.05) is 35.6 Å². The maximum absolute atomic E-state index is 13.4. The lowest BCUT2D eigenvalue weighted by molar-refractivity contribution is -0.122. The van der Waals surface area contributed by atoms with Crippen LogP contribution in [0.1, 0.15) is 67.9 Å². The first-order valence-corrected chi connectivity index (χ1v) is 22.5. The molecular formula is C54H50N10O8. The van der Waals surface area contributed by atoms with Crippen LogP contribution in [0.3, 0.4) is 0 Å². The third-order valence-corrected chi connectivity index (χ3v) is 11.7. The fraction of sp³-hybridized carbons (Fsp3) is 0.148. The smallest absolute Gasteiger partial charge is 0.332 e. The number of carbonyl (C=O) groups is 4. The van der Waals surface area contributed by atoms with Crippen molar-refractivity contribution < 1.29 is 19.2 Å². The summed E-state index contributed by atoms with van der Waals surface area (Å²) in [5, 5.41) is 21.3. The fourth-order valence-corrected chi connectivity index (χ4v) is 7.80. The van der Waals surface area contributed by atoms with Gasteiger partial charge in [-0.05, 0) is 83.6 Å². The lowest BCUT2D eigenvalue weighted by Gasteiger charge is -2.15. The van der Waals surface area contributed by atoms with Gasteiger partial charge in [0.1, 0.15) is 13.1 Å². The van der Waals surface area contributed by atoms with Gasteiger partial charge in [0.25, 0.3) is 11.1 Å². The number of carbonyl (C=O) groups excluding carboxylic acids is 4. The first kappa shape index (κ1) is 50.3. The Morgan fingerprint density at radius 2 is 0.778 bits per heavy atom. The molecule has 0 unspecified atom stereocenters. The molecule has 0 aliphatic rings. The molecule has 0 fully saturated rings. The average molecular weight is 967 g/mol. The molecule has 18 heteroatoms. The van der Waals surface area contributed by atoms with E-state index in [1.165, 1.54) is 45.5 Å². The van der Waals surface area contributed by atoms with Crippen molar-refractivity contribution in [2.75, 3.05) is 0 Å². The van der Waals surface area contributed by atoms with Gasteiger partial charge in [0.2, 0.25) is 23.6 Å². The number of benzene rings is 6. The average Bonchev–Trinajstić information content (AvgIpc) is 3.38. The molecule has 8 rings (SSSR count). The van der Waals surface area contributed by atoms with Crippen molar-refractivity contribution in [2.24, 2.45) is 11.5 Å². The van der Waals surface area contributed by atoms with Crippen molar-refractivity contribution in [3.63, 3.8) is 0 Å². The van der Waals surface area contributed by atoms with Crippen LogP contribution in [-0.4, -0.2) is 53.3 Å². The van der Waals surface area contributed by atoms with E-state index >= 15 is 0 Å². The maximum atomic E-state index is 13.4. The molecule has 8 N–H and O–H groups in total. The van der Waals surface area contributed by atoms with Gasteiger partial charge in [0.15, 0.2) is 0 Å². The Morgan fingerprint density at radius 3 is 1.10 bits per heavy atom. The van der Waals surface area contributed by atoms with E-state index in [0.717, 1.165) is 42.5 Å². The molecule has 0 saturated heterocycles. The molecule has 8 aromatic rings. The highest BCUT2D eigenvalue weighted by Gasteiger charge is 2.19. The van der Waals surface area contributed by atoms with E-state index in [9.17, 15) is 38.4 Å². The second-order valence-electron chi connectivity index (χ2n) is 16.9. The van der Waals surface area contributed by atoms with Crippen LogP contribution in [0, 0.1) is 10.8 Å². The van der Waals surface area contributed by atoms with E-state index in [1.807, 2.05) is 60.7 Å². The third-order valence-electron chi connectivity index (χ3n) is 11.7. The summed E-state index contributed by atoms with van der Waals surface area (Å²) in [5.74, 6) is -2.31. The van der Waals surface area contributed by atoms with Crippen molar-refractivity contribution in [3.05, 3.63) is 232 Å². The molecule has 2 heterocycles. The van der Waals surface area contributed by atoms with Crippen molar-refractivity contribution in [2.45, 2.75) is 53.1 Å². The number of aromatic nitrogens is 4. The highest BCUT2D eigenvalue weighted by atomic mass is 16.2. The molecule has 18 nitrogen and oxygen atoms in total. The zero-order valence-corrected chi connectivity index (χ0v) is 39.3. The summed E-state index contributed by atoms with van der Waals surface area (Å²) in [4.78, 5) is 102. The minimum atomic E-state index is -0.711. The molecule has 0 radical (unpaired) electrons. The Labute approximate surface area is 410 Å². The summed E-state index contributed by atoms with van der Waals surface area (Å²) in [6.45, 7) is 3.19. The topological polar surface area (TPSA) is 280 Å². The van der Waals surface area contributed by atoms with Crippen LogP contribution in [0.15, 0.2) is 165 Å². The number of primary amides is 2. The number of hydrogen-bond donors (Lipinski definition) is 6. The Kier molecular flexibility index (Phi) is 15.5. The van der Waals surface area contributed by atoms with E-state index in [2.05, 4.69) is 10.6 Å².